The maximum Gasteiger partial charge on any atom is 0.303 e. The van der Waals surface area contributed by atoms with Crippen LogP contribution in [0.25, 0.3) is 0 Å². The zero-order valence-electron chi connectivity index (χ0n) is 10.2. The fourth-order valence-electron chi connectivity index (χ4n) is 1.26. The number of carbonyl (C=O) groups is 2. The summed E-state index contributed by atoms with van der Waals surface area (Å²) in [5.74, 6) is -0.957. The van der Waals surface area contributed by atoms with Crippen molar-refractivity contribution in [3.63, 3.8) is 0 Å². The molecule has 0 saturated carbocycles. The fraction of sp³-hybridized carbons (Fsp3) is 0.818. The highest BCUT2D eigenvalue weighted by Crippen LogP contribution is 2.25. The van der Waals surface area contributed by atoms with Crippen molar-refractivity contribution in [2.45, 2.75) is 46.1 Å². The first-order valence-electron chi connectivity index (χ1n) is 5.50. The van der Waals surface area contributed by atoms with Gasteiger partial charge in [-0.05, 0) is 25.2 Å². The van der Waals surface area contributed by atoms with E-state index in [1.165, 1.54) is 0 Å². The summed E-state index contributed by atoms with van der Waals surface area (Å²) in [5, 5.41) is 11.3. The minimum atomic E-state index is -0.785. The zero-order chi connectivity index (χ0) is 12.8. The van der Waals surface area contributed by atoms with Crippen LogP contribution in [0.3, 0.4) is 0 Å². The third-order valence-electron chi connectivity index (χ3n) is 2.53. The molecule has 94 valence electrons. The highest BCUT2D eigenvalue weighted by molar-refractivity contribution is 5.80. The van der Waals surface area contributed by atoms with E-state index in [-0.39, 0.29) is 17.7 Å². The topological polar surface area (TPSA) is 92.4 Å². The standard InChI is InChI=1S/C11H22N2O3/c1-8(12)10(16)13-7-6-11(2,3)5-4-9(14)15/h8H,4-7,12H2,1-3H3,(H,13,16)(H,14,15). The van der Waals surface area contributed by atoms with Crippen LogP contribution < -0.4 is 11.1 Å². The van der Waals surface area contributed by atoms with E-state index in [4.69, 9.17) is 10.8 Å². The smallest absolute Gasteiger partial charge is 0.303 e. The number of carboxylic acids is 1. The van der Waals surface area contributed by atoms with Crippen molar-refractivity contribution in [3.8, 4) is 0 Å². The molecule has 0 aliphatic rings. The van der Waals surface area contributed by atoms with E-state index in [1.807, 2.05) is 13.8 Å². The third-order valence-corrected chi connectivity index (χ3v) is 2.53. The molecule has 0 heterocycles. The third kappa shape index (κ3) is 7.23. The molecule has 5 heteroatoms. The van der Waals surface area contributed by atoms with Gasteiger partial charge in [-0.25, -0.2) is 0 Å². The predicted octanol–water partition coefficient (Wildman–Crippen LogP) is 0.731. The van der Waals surface area contributed by atoms with Crippen LogP contribution in [-0.4, -0.2) is 29.6 Å². The van der Waals surface area contributed by atoms with Gasteiger partial charge in [-0.1, -0.05) is 13.8 Å². The Hall–Kier alpha value is -1.10. The summed E-state index contributed by atoms with van der Waals surface area (Å²) in [6.45, 7) is 6.15. The lowest BCUT2D eigenvalue weighted by molar-refractivity contribution is -0.137. The Bertz CT molecular complexity index is 250. The number of carbonyl (C=O) groups excluding carboxylic acids is 1. The highest BCUT2D eigenvalue weighted by Gasteiger charge is 2.19. The van der Waals surface area contributed by atoms with Crippen molar-refractivity contribution in [1.29, 1.82) is 0 Å². The number of rotatable bonds is 7. The van der Waals surface area contributed by atoms with Crippen LogP contribution in [0, 0.1) is 5.41 Å². The van der Waals surface area contributed by atoms with Crippen LogP contribution >= 0.6 is 0 Å². The van der Waals surface area contributed by atoms with Gasteiger partial charge in [-0.2, -0.15) is 0 Å². The molecular formula is C11H22N2O3. The molecule has 0 fully saturated rings. The largest absolute Gasteiger partial charge is 0.481 e. The number of hydrogen-bond acceptors (Lipinski definition) is 3. The van der Waals surface area contributed by atoms with Gasteiger partial charge >= 0.3 is 5.97 Å². The van der Waals surface area contributed by atoms with E-state index in [9.17, 15) is 9.59 Å². The predicted molar refractivity (Wildman–Crippen MR) is 61.9 cm³/mol. The maximum absolute atomic E-state index is 11.2. The molecule has 1 unspecified atom stereocenters. The molecule has 0 aromatic heterocycles. The minimum absolute atomic E-state index is 0.0799. The van der Waals surface area contributed by atoms with Crippen molar-refractivity contribution in [3.05, 3.63) is 0 Å². The van der Waals surface area contributed by atoms with E-state index in [0.717, 1.165) is 6.42 Å². The molecular weight excluding hydrogens is 208 g/mol. The lowest BCUT2D eigenvalue weighted by atomic mass is 9.84. The molecule has 0 aromatic carbocycles. The van der Waals surface area contributed by atoms with Gasteiger partial charge in [0.15, 0.2) is 0 Å². The van der Waals surface area contributed by atoms with E-state index in [1.54, 1.807) is 6.92 Å². The number of nitrogens with two attached hydrogens (primary N) is 1. The first-order valence-corrected chi connectivity index (χ1v) is 5.50. The normalized spacial score (nSPS) is 13.2. The van der Waals surface area contributed by atoms with Gasteiger partial charge in [0, 0.05) is 13.0 Å². The number of amides is 1. The molecule has 16 heavy (non-hydrogen) atoms. The Labute approximate surface area is 96.4 Å². The van der Waals surface area contributed by atoms with Crippen molar-refractivity contribution < 1.29 is 14.7 Å². The zero-order valence-corrected chi connectivity index (χ0v) is 10.2. The average molecular weight is 230 g/mol. The van der Waals surface area contributed by atoms with Gasteiger partial charge in [0.05, 0.1) is 6.04 Å². The van der Waals surface area contributed by atoms with Gasteiger partial charge in [0.2, 0.25) is 5.91 Å². The summed E-state index contributed by atoms with van der Waals surface area (Å²) in [5.41, 5.74) is 5.31. The molecule has 5 nitrogen and oxygen atoms in total. The number of nitrogens with one attached hydrogen (secondary N) is 1. The van der Waals surface area contributed by atoms with Gasteiger partial charge in [-0.3, -0.25) is 9.59 Å². The lowest BCUT2D eigenvalue weighted by Crippen LogP contribution is -2.39. The molecule has 1 amide bonds. The van der Waals surface area contributed by atoms with Crippen molar-refractivity contribution in [1.82, 2.24) is 5.32 Å². The molecule has 1 atom stereocenters. The van der Waals surface area contributed by atoms with E-state index in [0.29, 0.717) is 13.0 Å². The van der Waals surface area contributed by atoms with E-state index < -0.39 is 12.0 Å². The Balaban J connectivity index is 3.81. The number of carboxylic acid groups (broad SMARTS) is 1. The molecule has 0 aliphatic carbocycles. The van der Waals surface area contributed by atoms with Crippen molar-refractivity contribution >= 4 is 11.9 Å². The second-order valence-corrected chi connectivity index (χ2v) is 4.89. The van der Waals surface area contributed by atoms with E-state index >= 15 is 0 Å². The molecule has 0 aliphatic heterocycles. The van der Waals surface area contributed by atoms with Crippen molar-refractivity contribution in [2.75, 3.05) is 6.54 Å². The van der Waals surface area contributed by atoms with Crippen LogP contribution in [0.4, 0.5) is 0 Å². The fourth-order valence-corrected chi connectivity index (χ4v) is 1.26. The molecule has 0 radical (unpaired) electrons. The molecule has 4 N–H and O–H groups in total. The SMILES string of the molecule is CC(N)C(=O)NCCC(C)(C)CCC(=O)O. The quantitative estimate of drug-likeness (QED) is 0.601. The Morgan fingerprint density at radius 3 is 2.38 bits per heavy atom. The van der Waals surface area contributed by atoms with Crippen LogP contribution in [0.15, 0.2) is 0 Å². The van der Waals surface area contributed by atoms with Crippen LogP contribution in [0.2, 0.25) is 0 Å². The monoisotopic (exact) mass is 230 g/mol. The van der Waals surface area contributed by atoms with E-state index in [2.05, 4.69) is 5.32 Å². The summed E-state index contributed by atoms with van der Waals surface area (Å²) in [7, 11) is 0. The Kier molecular flexibility index (Phi) is 6.03. The first kappa shape index (κ1) is 14.9. The second-order valence-electron chi connectivity index (χ2n) is 4.89. The first-order chi connectivity index (χ1) is 7.24. The van der Waals surface area contributed by atoms with Crippen LogP contribution in [0.1, 0.15) is 40.0 Å². The number of hydrogen-bond donors (Lipinski definition) is 3. The van der Waals surface area contributed by atoms with Gasteiger partial charge < -0.3 is 16.2 Å². The number of aliphatic carboxylic acids is 1. The lowest BCUT2D eigenvalue weighted by Gasteiger charge is -2.24. The average Bonchev–Trinajstić information content (AvgIpc) is 2.14. The summed E-state index contributed by atoms with van der Waals surface area (Å²) in [6, 6.07) is -0.498. The molecule has 0 bridgehead atoms. The van der Waals surface area contributed by atoms with Gasteiger partial charge in [0.1, 0.15) is 0 Å². The van der Waals surface area contributed by atoms with Gasteiger partial charge in [-0.15, -0.1) is 0 Å². The second kappa shape index (κ2) is 6.48. The van der Waals surface area contributed by atoms with Crippen molar-refractivity contribution in [2.24, 2.45) is 11.1 Å². The molecule has 0 spiro atoms. The van der Waals surface area contributed by atoms with Crippen LogP contribution in [0.5, 0.6) is 0 Å². The molecule has 0 aromatic rings. The van der Waals surface area contributed by atoms with Crippen LogP contribution in [-0.2, 0) is 9.59 Å². The summed E-state index contributed by atoms with van der Waals surface area (Å²) < 4.78 is 0. The molecule has 0 rings (SSSR count). The maximum atomic E-state index is 11.2. The Morgan fingerprint density at radius 1 is 1.38 bits per heavy atom. The minimum Gasteiger partial charge on any atom is -0.481 e. The summed E-state index contributed by atoms with van der Waals surface area (Å²) >= 11 is 0. The molecule has 0 saturated heterocycles. The summed E-state index contributed by atoms with van der Waals surface area (Å²) in [6.07, 6.45) is 1.52. The highest BCUT2D eigenvalue weighted by atomic mass is 16.4. The summed E-state index contributed by atoms with van der Waals surface area (Å²) in [4.78, 5) is 21.6. The Morgan fingerprint density at radius 2 is 1.94 bits per heavy atom. The van der Waals surface area contributed by atoms with Gasteiger partial charge in [0.25, 0.3) is 0 Å².